The number of nitrogens with zero attached hydrogens (tertiary/aromatic N) is 3. The number of rotatable bonds is 5. The molecule has 118 valence electrons. The third-order valence-corrected chi connectivity index (χ3v) is 3.24. The number of anilines is 2. The molecular formula is C18H26N4. The molecule has 1 N–H and O–H groups in total. The molecular weight excluding hydrogens is 272 g/mol. The van der Waals surface area contributed by atoms with Crippen molar-refractivity contribution in [1.29, 1.82) is 0 Å². The van der Waals surface area contributed by atoms with E-state index in [9.17, 15) is 0 Å². The van der Waals surface area contributed by atoms with Crippen molar-refractivity contribution in [1.82, 2.24) is 9.97 Å². The Balaban J connectivity index is 2.23. The van der Waals surface area contributed by atoms with Crippen LogP contribution in [0.25, 0.3) is 0 Å². The van der Waals surface area contributed by atoms with Crippen molar-refractivity contribution in [2.75, 3.05) is 10.2 Å². The smallest absolute Gasteiger partial charge is 0.225 e. The fraction of sp³-hybridized carbons (Fsp3) is 0.444. The third-order valence-electron chi connectivity index (χ3n) is 3.24. The summed E-state index contributed by atoms with van der Waals surface area (Å²) in [5, 5.41) is 3.33. The average molecular weight is 298 g/mol. The Morgan fingerprint density at radius 2 is 1.77 bits per heavy atom. The molecule has 0 atom stereocenters. The highest BCUT2D eigenvalue weighted by Crippen LogP contribution is 2.20. The van der Waals surface area contributed by atoms with E-state index in [-0.39, 0.29) is 5.54 Å². The molecule has 22 heavy (non-hydrogen) atoms. The van der Waals surface area contributed by atoms with Crippen LogP contribution < -0.4 is 10.2 Å². The quantitative estimate of drug-likeness (QED) is 0.902. The van der Waals surface area contributed by atoms with Crippen molar-refractivity contribution in [2.45, 2.75) is 52.7 Å². The van der Waals surface area contributed by atoms with Crippen molar-refractivity contribution >= 4 is 11.8 Å². The van der Waals surface area contributed by atoms with Gasteiger partial charge in [0.25, 0.3) is 0 Å². The maximum Gasteiger partial charge on any atom is 0.225 e. The van der Waals surface area contributed by atoms with Crippen LogP contribution in [0.4, 0.5) is 11.8 Å². The fourth-order valence-corrected chi connectivity index (χ4v) is 2.21. The Morgan fingerprint density at radius 1 is 1.09 bits per heavy atom. The van der Waals surface area contributed by atoms with Gasteiger partial charge in [0, 0.05) is 24.3 Å². The Morgan fingerprint density at radius 3 is 2.36 bits per heavy atom. The Kier molecular flexibility index (Phi) is 5.01. The summed E-state index contributed by atoms with van der Waals surface area (Å²) in [7, 11) is 0. The fourth-order valence-electron chi connectivity index (χ4n) is 2.21. The van der Waals surface area contributed by atoms with E-state index in [1.807, 2.05) is 18.3 Å². The summed E-state index contributed by atoms with van der Waals surface area (Å²) in [6, 6.07) is 12.8. The highest BCUT2D eigenvalue weighted by Gasteiger charge is 2.16. The van der Waals surface area contributed by atoms with E-state index in [2.05, 4.69) is 79.1 Å². The summed E-state index contributed by atoms with van der Waals surface area (Å²) in [5.41, 5.74) is 1.22. The lowest BCUT2D eigenvalue weighted by atomic mass is 10.1. The Bertz CT molecular complexity index is 588. The molecule has 1 aromatic carbocycles. The van der Waals surface area contributed by atoms with Gasteiger partial charge in [-0.1, -0.05) is 30.3 Å². The minimum atomic E-state index is -0.0548. The molecule has 0 radical (unpaired) electrons. The molecule has 0 saturated heterocycles. The second-order valence-corrected chi connectivity index (χ2v) is 6.82. The Hall–Kier alpha value is -2.10. The number of nitrogens with one attached hydrogen (secondary N) is 1. The van der Waals surface area contributed by atoms with Crippen molar-refractivity contribution in [3.05, 3.63) is 48.2 Å². The van der Waals surface area contributed by atoms with Gasteiger partial charge in [-0.05, 0) is 46.2 Å². The van der Waals surface area contributed by atoms with Crippen LogP contribution in [0.2, 0.25) is 0 Å². The van der Waals surface area contributed by atoms with Gasteiger partial charge in [0.2, 0.25) is 5.95 Å². The van der Waals surface area contributed by atoms with Crippen LogP contribution in [0.1, 0.15) is 40.2 Å². The van der Waals surface area contributed by atoms with Crippen molar-refractivity contribution in [3.63, 3.8) is 0 Å². The molecule has 0 aliphatic carbocycles. The maximum absolute atomic E-state index is 4.68. The molecule has 0 amide bonds. The van der Waals surface area contributed by atoms with Crippen LogP contribution in [-0.2, 0) is 6.54 Å². The first kappa shape index (κ1) is 16.3. The van der Waals surface area contributed by atoms with E-state index in [1.54, 1.807) is 0 Å². The predicted molar refractivity (Wildman–Crippen MR) is 93.2 cm³/mol. The summed E-state index contributed by atoms with van der Waals surface area (Å²) < 4.78 is 0. The molecule has 4 nitrogen and oxygen atoms in total. The molecule has 1 heterocycles. The van der Waals surface area contributed by atoms with Crippen molar-refractivity contribution in [3.8, 4) is 0 Å². The first-order valence-electron chi connectivity index (χ1n) is 7.77. The highest BCUT2D eigenvalue weighted by atomic mass is 15.2. The van der Waals surface area contributed by atoms with Gasteiger partial charge in [-0.2, -0.15) is 4.98 Å². The van der Waals surface area contributed by atoms with Gasteiger partial charge in [-0.15, -0.1) is 0 Å². The molecule has 0 aliphatic heterocycles. The van der Waals surface area contributed by atoms with Gasteiger partial charge < -0.3 is 10.2 Å². The van der Waals surface area contributed by atoms with E-state index in [0.717, 1.165) is 12.4 Å². The Labute approximate surface area is 133 Å². The van der Waals surface area contributed by atoms with Gasteiger partial charge in [-0.25, -0.2) is 4.98 Å². The first-order valence-corrected chi connectivity index (χ1v) is 7.77. The van der Waals surface area contributed by atoms with E-state index >= 15 is 0 Å². The van der Waals surface area contributed by atoms with Gasteiger partial charge in [0.1, 0.15) is 5.82 Å². The topological polar surface area (TPSA) is 41.1 Å². The van der Waals surface area contributed by atoms with E-state index in [4.69, 9.17) is 0 Å². The van der Waals surface area contributed by atoms with E-state index < -0.39 is 0 Å². The summed E-state index contributed by atoms with van der Waals surface area (Å²) in [6.07, 6.45) is 1.82. The van der Waals surface area contributed by atoms with Crippen LogP contribution >= 0.6 is 0 Å². The monoisotopic (exact) mass is 298 g/mol. The van der Waals surface area contributed by atoms with E-state index in [0.29, 0.717) is 12.0 Å². The minimum absolute atomic E-state index is 0.0548. The third kappa shape index (κ3) is 4.72. The molecule has 0 aliphatic rings. The van der Waals surface area contributed by atoms with Gasteiger partial charge in [0.15, 0.2) is 0 Å². The normalized spacial score (nSPS) is 11.5. The number of hydrogen-bond donors (Lipinski definition) is 1. The van der Waals surface area contributed by atoms with Crippen LogP contribution in [0.15, 0.2) is 42.6 Å². The zero-order valence-electron chi connectivity index (χ0n) is 14.2. The molecule has 0 unspecified atom stereocenters. The number of benzene rings is 1. The molecule has 0 spiro atoms. The van der Waals surface area contributed by atoms with Gasteiger partial charge in [-0.3, -0.25) is 0 Å². The summed E-state index contributed by atoms with van der Waals surface area (Å²) in [4.78, 5) is 11.3. The summed E-state index contributed by atoms with van der Waals surface area (Å²) >= 11 is 0. The largest absolute Gasteiger partial charge is 0.350 e. The lowest BCUT2D eigenvalue weighted by molar-refractivity contribution is 0.623. The molecule has 2 rings (SSSR count). The predicted octanol–water partition coefficient (Wildman–Crippen LogP) is 4.10. The van der Waals surface area contributed by atoms with Crippen LogP contribution in [-0.4, -0.2) is 21.5 Å². The lowest BCUT2D eigenvalue weighted by Gasteiger charge is -2.29. The number of aromatic nitrogens is 2. The number of hydrogen-bond acceptors (Lipinski definition) is 4. The van der Waals surface area contributed by atoms with Crippen LogP contribution in [0, 0.1) is 0 Å². The second-order valence-electron chi connectivity index (χ2n) is 6.82. The van der Waals surface area contributed by atoms with Crippen LogP contribution in [0.5, 0.6) is 0 Å². The zero-order valence-corrected chi connectivity index (χ0v) is 14.2. The van der Waals surface area contributed by atoms with Crippen molar-refractivity contribution < 1.29 is 0 Å². The van der Waals surface area contributed by atoms with Gasteiger partial charge in [0.05, 0.1) is 0 Å². The molecule has 2 aromatic rings. The first-order chi connectivity index (χ1) is 10.3. The molecule has 4 heteroatoms. The molecule has 0 saturated carbocycles. The molecule has 0 fully saturated rings. The lowest BCUT2D eigenvalue weighted by Crippen LogP contribution is -2.32. The molecule has 0 bridgehead atoms. The summed E-state index contributed by atoms with van der Waals surface area (Å²) in [6.45, 7) is 11.5. The standard InChI is InChI=1S/C18H26N4/c1-14(2)22(13-15-9-7-6-8-10-15)16-11-12-19-17(20-16)21-18(3,4)5/h6-12,14H,13H2,1-5H3,(H,19,20,21). The van der Waals surface area contributed by atoms with Gasteiger partial charge >= 0.3 is 0 Å². The van der Waals surface area contributed by atoms with Crippen molar-refractivity contribution in [2.24, 2.45) is 0 Å². The average Bonchev–Trinajstić information content (AvgIpc) is 2.44. The molecule has 1 aromatic heterocycles. The van der Waals surface area contributed by atoms with E-state index in [1.165, 1.54) is 5.56 Å². The van der Waals surface area contributed by atoms with Crippen LogP contribution in [0.3, 0.4) is 0 Å². The minimum Gasteiger partial charge on any atom is -0.350 e. The summed E-state index contributed by atoms with van der Waals surface area (Å²) in [5.74, 6) is 1.62. The SMILES string of the molecule is CC(C)N(Cc1ccccc1)c1ccnc(NC(C)(C)C)n1. The maximum atomic E-state index is 4.68. The zero-order chi connectivity index (χ0) is 16.2. The second kappa shape index (κ2) is 6.77. The highest BCUT2D eigenvalue weighted by molar-refractivity contribution is 5.44.